The molecule has 6 nitrogen and oxygen atoms in total. The highest BCUT2D eigenvalue weighted by molar-refractivity contribution is 8.00. The summed E-state index contributed by atoms with van der Waals surface area (Å²) in [5, 5.41) is 4.47. The number of fused-ring (bicyclic) bond motifs is 4. The van der Waals surface area contributed by atoms with Crippen LogP contribution in [-0.4, -0.2) is 32.6 Å². The minimum Gasteiger partial charge on any atom is -0.322 e. The van der Waals surface area contributed by atoms with Crippen molar-refractivity contribution in [1.29, 1.82) is 0 Å². The van der Waals surface area contributed by atoms with Crippen LogP contribution < -0.4 is 10.2 Å². The van der Waals surface area contributed by atoms with Crippen LogP contribution in [0.2, 0.25) is 0 Å². The fourth-order valence-electron chi connectivity index (χ4n) is 4.24. The number of thioether (sulfide) groups is 1. The Labute approximate surface area is 183 Å². The highest BCUT2D eigenvalue weighted by atomic mass is 32.2. The maximum atomic E-state index is 13.6. The predicted molar refractivity (Wildman–Crippen MR) is 121 cm³/mol. The van der Waals surface area contributed by atoms with Crippen molar-refractivity contribution in [2.45, 2.75) is 55.8 Å². The highest BCUT2D eigenvalue weighted by Gasteiger charge is 2.45. The zero-order valence-corrected chi connectivity index (χ0v) is 18.7. The van der Waals surface area contributed by atoms with Crippen LogP contribution in [0.3, 0.4) is 0 Å². The summed E-state index contributed by atoms with van der Waals surface area (Å²) in [4.78, 5) is 39.3. The number of rotatable bonds is 3. The maximum absolute atomic E-state index is 13.6. The number of carbonyl (C=O) groups excluding carboxylic acids is 2. The largest absolute Gasteiger partial charge is 0.322 e. The number of anilines is 2. The van der Waals surface area contributed by atoms with E-state index in [0.717, 1.165) is 33.8 Å². The number of aryl methyl sites for hydroxylation is 2. The lowest BCUT2D eigenvalue weighted by Crippen LogP contribution is -2.60. The molecule has 2 amide bonds. The second-order valence-electron chi connectivity index (χ2n) is 8.18. The Balaban J connectivity index is 1.50. The summed E-state index contributed by atoms with van der Waals surface area (Å²) in [5.41, 5.74) is 1.75. The van der Waals surface area contributed by atoms with E-state index in [1.807, 2.05) is 31.2 Å². The van der Waals surface area contributed by atoms with Crippen LogP contribution in [0.15, 0.2) is 35.6 Å². The maximum Gasteiger partial charge on any atom is 0.250 e. The van der Waals surface area contributed by atoms with Gasteiger partial charge in [-0.15, -0.1) is 11.3 Å². The number of benzene rings is 1. The van der Waals surface area contributed by atoms with Crippen LogP contribution in [0, 0.1) is 0 Å². The molecule has 1 N–H and O–H groups in total. The Morgan fingerprint density at radius 2 is 2.07 bits per heavy atom. The molecule has 8 heteroatoms. The zero-order chi connectivity index (χ0) is 21.0. The van der Waals surface area contributed by atoms with Gasteiger partial charge < -0.3 is 5.32 Å². The van der Waals surface area contributed by atoms with E-state index in [2.05, 4.69) is 15.3 Å². The zero-order valence-electron chi connectivity index (χ0n) is 17.1. The molecule has 1 atom stereocenters. The van der Waals surface area contributed by atoms with Gasteiger partial charge in [0.1, 0.15) is 21.7 Å². The first-order valence-corrected chi connectivity index (χ1v) is 11.7. The first-order valence-electron chi connectivity index (χ1n) is 10.0. The summed E-state index contributed by atoms with van der Waals surface area (Å²) in [6.07, 6.45) is 4.90. The molecule has 1 unspecified atom stereocenters. The van der Waals surface area contributed by atoms with Gasteiger partial charge in [0.2, 0.25) is 11.8 Å². The van der Waals surface area contributed by atoms with E-state index in [-0.39, 0.29) is 11.8 Å². The molecule has 5 rings (SSSR count). The lowest BCUT2D eigenvalue weighted by molar-refractivity contribution is -0.126. The molecule has 3 heterocycles. The minimum absolute atomic E-state index is 0.106. The quantitative estimate of drug-likeness (QED) is 0.484. The van der Waals surface area contributed by atoms with Gasteiger partial charge in [-0.05, 0) is 57.7 Å². The van der Waals surface area contributed by atoms with E-state index in [9.17, 15) is 9.59 Å². The van der Waals surface area contributed by atoms with Gasteiger partial charge >= 0.3 is 0 Å². The minimum atomic E-state index is -0.981. The van der Waals surface area contributed by atoms with Crippen molar-refractivity contribution < 1.29 is 9.59 Å². The predicted octanol–water partition coefficient (Wildman–Crippen LogP) is 4.42. The highest BCUT2D eigenvalue weighted by Crippen LogP contribution is 2.42. The monoisotopic (exact) mass is 438 g/mol. The second kappa shape index (κ2) is 7.06. The number of hydrogen-bond acceptors (Lipinski definition) is 6. The molecular formula is C22H22N4O2S2. The van der Waals surface area contributed by atoms with Gasteiger partial charge in [-0.3, -0.25) is 14.5 Å². The van der Waals surface area contributed by atoms with Crippen LogP contribution in [0.1, 0.15) is 37.6 Å². The normalized spacial score (nSPS) is 18.1. The molecule has 3 aromatic rings. The summed E-state index contributed by atoms with van der Waals surface area (Å²) in [7, 11) is 0. The second-order valence-corrected chi connectivity index (χ2v) is 10.6. The lowest BCUT2D eigenvalue weighted by atomic mass is 9.96. The number of thiophene rings is 1. The summed E-state index contributed by atoms with van der Waals surface area (Å²) in [6, 6.07) is 7.43. The summed E-state index contributed by atoms with van der Waals surface area (Å²) in [6.45, 7) is 5.45. The topological polar surface area (TPSA) is 75.2 Å². The molecule has 0 fully saturated rings. The third-order valence-corrected chi connectivity index (χ3v) is 8.12. The third-order valence-electron chi connectivity index (χ3n) is 5.83. The van der Waals surface area contributed by atoms with Crippen LogP contribution in [0.25, 0.3) is 10.2 Å². The van der Waals surface area contributed by atoms with E-state index in [4.69, 9.17) is 0 Å². The summed E-state index contributed by atoms with van der Waals surface area (Å²) >= 11 is 3.20. The van der Waals surface area contributed by atoms with Crippen LogP contribution >= 0.6 is 23.1 Å². The SMILES string of the molecule is CC(Sc1ncnc2sc3c(c12)CCC3)C(=O)N1c2ccccc2NC(=O)C1(C)C. The molecule has 154 valence electrons. The Morgan fingerprint density at radius 1 is 1.27 bits per heavy atom. The fraction of sp³-hybridized carbons (Fsp3) is 0.364. The molecule has 0 saturated heterocycles. The van der Waals surface area contributed by atoms with Gasteiger partial charge in [0, 0.05) is 10.3 Å². The van der Waals surface area contributed by atoms with Crippen molar-refractivity contribution in [2.75, 3.05) is 10.2 Å². The van der Waals surface area contributed by atoms with Gasteiger partial charge in [-0.1, -0.05) is 23.9 Å². The van der Waals surface area contributed by atoms with E-state index in [0.29, 0.717) is 5.69 Å². The number of aromatic nitrogens is 2. The van der Waals surface area contributed by atoms with E-state index in [1.54, 1.807) is 36.4 Å². The molecule has 1 aliphatic carbocycles. The van der Waals surface area contributed by atoms with Gasteiger partial charge in [-0.2, -0.15) is 0 Å². The van der Waals surface area contributed by atoms with E-state index in [1.165, 1.54) is 28.6 Å². The first kappa shape index (κ1) is 19.5. The van der Waals surface area contributed by atoms with Crippen LogP contribution in [0.5, 0.6) is 0 Å². The van der Waals surface area contributed by atoms with Gasteiger partial charge in [0.15, 0.2) is 0 Å². The average molecular weight is 439 g/mol. The Morgan fingerprint density at radius 3 is 2.90 bits per heavy atom. The Hall–Kier alpha value is -2.45. The van der Waals surface area contributed by atoms with E-state index < -0.39 is 10.8 Å². The third kappa shape index (κ3) is 2.93. The van der Waals surface area contributed by atoms with Crippen molar-refractivity contribution in [2.24, 2.45) is 0 Å². The first-order chi connectivity index (χ1) is 14.4. The standard InChI is InChI=1S/C22H22N4O2S2/c1-12(29-18-17-13-7-6-10-16(13)30-19(17)24-11-23-18)20(27)26-15-9-5-4-8-14(15)25-21(28)22(26,2)3/h4-5,8-9,11-12H,6-7,10H2,1-3H3,(H,25,28). The number of amides is 2. The molecular weight excluding hydrogens is 416 g/mol. The summed E-state index contributed by atoms with van der Waals surface area (Å²) < 4.78 is 0. The van der Waals surface area contributed by atoms with Crippen molar-refractivity contribution in [3.63, 3.8) is 0 Å². The lowest BCUT2D eigenvalue weighted by Gasteiger charge is -2.43. The van der Waals surface area contributed by atoms with Gasteiger partial charge in [0.05, 0.1) is 16.6 Å². The van der Waals surface area contributed by atoms with Crippen molar-refractivity contribution in [1.82, 2.24) is 9.97 Å². The van der Waals surface area contributed by atoms with Gasteiger partial charge in [-0.25, -0.2) is 9.97 Å². The van der Waals surface area contributed by atoms with Crippen molar-refractivity contribution in [3.8, 4) is 0 Å². The molecule has 0 spiro atoms. The molecule has 1 aliphatic heterocycles. The number of hydrogen-bond donors (Lipinski definition) is 1. The molecule has 1 aromatic carbocycles. The molecule has 2 aliphatic rings. The van der Waals surface area contributed by atoms with Crippen LogP contribution in [0.4, 0.5) is 11.4 Å². The molecule has 30 heavy (non-hydrogen) atoms. The van der Waals surface area contributed by atoms with E-state index >= 15 is 0 Å². The fourth-order valence-corrected chi connectivity index (χ4v) is 6.52. The number of para-hydroxylation sites is 2. The molecule has 0 radical (unpaired) electrons. The molecule has 0 saturated carbocycles. The van der Waals surface area contributed by atoms with Crippen molar-refractivity contribution in [3.05, 3.63) is 41.0 Å². The van der Waals surface area contributed by atoms with Crippen molar-refractivity contribution >= 4 is 56.5 Å². The van der Waals surface area contributed by atoms with Gasteiger partial charge in [0.25, 0.3) is 0 Å². The smallest absolute Gasteiger partial charge is 0.250 e. The Kier molecular flexibility index (Phi) is 4.59. The number of nitrogens with one attached hydrogen (secondary N) is 1. The molecule has 2 aromatic heterocycles. The Bertz CT molecular complexity index is 1190. The average Bonchev–Trinajstić information content (AvgIpc) is 3.29. The summed E-state index contributed by atoms with van der Waals surface area (Å²) in [5.74, 6) is -0.294. The number of nitrogens with zero attached hydrogens (tertiary/aromatic N) is 3. The van der Waals surface area contributed by atoms with Crippen LogP contribution in [-0.2, 0) is 22.4 Å². The molecule has 0 bridgehead atoms. The number of carbonyl (C=O) groups is 2.